The molecule has 1 unspecified atom stereocenters. The molecule has 0 aliphatic heterocycles. The van der Waals surface area contributed by atoms with Crippen LogP contribution in [0.4, 0.5) is 0 Å². The van der Waals surface area contributed by atoms with E-state index in [0.29, 0.717) is 5.56 Å². The van der Waals surface area contributed by atoms with Crippen LogP contribution in [0.5, 0.6) is 0 Å². The Hall–Kier alpha value is -1.03. The van der Waals surface area contributed by atoms with Crippen molar-refractivity contribution in [3.63, 3.8) is 0 Å². The fourth-order valence-corrected chi connectivity index (χ4v) is 3.00. The lowest BCUT2D eigenvalue weighted by atomic mass is 10.0. The van der Waals surface area contributed by atoms with Crippen LogP contribution in [0.15, 0.2) is 9.59 Å². The smallest absolute Gasteiger partial charge is 0.297 e. The van der Waals surface area contributed by atoms with Gasteiger partial charge in [0.1, 0.15) is 5.15 Å². The predicted octanol–water partition coefficient (Wildman–Crippen LogP) is 2.82. The Morgan fingerprint density at radius 3 is 2.56 bits per heavy atom. The van der Waals surface area contributed by atoms with Crippen LogP contribution >= 0.6 is 11.6 Å². The number of aromatic nitrogens is 2. The average molecular weight is 271 g/mol. The van der Waals surface area contributed by atoms with E-state index >= 15 is 0 Å². The van der Waals surface area contributed by atoms with Crippen molar-refractivity contribution in [1.29, 1.82) is 0 Å². The van der Waals surface area contributed by atoms with Crippen molar-refractivity contribution >= 4 is 11.6 Å². The molecule has 1 aliphatic rings. The molecule has 4 nitrogen and oxygen atoms in total. The van der Waals surface area contributed by atoms with Crippen molar-refractivity contribution in [2.45, 2.75) is 57.9 Å². The zero-order valence-corrected chi connectivity index (χ0v) is 11.6. The molecule has 1 heterocycles. The Labute approximate surface area is 111 Å². The van der Waals surface area contributed by atoms with Crippen molar-refractivity contribution in [3.8, 4) is 0 Å². The van der Waals surface area contributed by atoms with Gasteiger partial charge in [0, 0.05) is 6.04 Å². The number of nitrogens with zero attached hydrogens (tertiary/aromatic N) is 1. The zero-order valence-electron chi connectivity index (χ0n) is 10.8. The van der Waals surface area contributed by atoms with Crippen LogP contribution in [-0.4, -0.2) is 9.55 Å². The number of aromatic amines is 1. The minimum Gasteiger partial charge on any atom is -0.297 e. The third kappa shape index (κ3) is 2.26. The van der Waals surface area contributed by atoms with Gasteiger partial charge in [0.25, 0.3) is 5.56 Å². The molecule has 2 rings (SSSR count). The van der Waals surface area contributed by atoms with Crippen molar-refractivity contribution in [1.82, 2.24) is 9.55 Å². The minimum absolute atomic E-state index is 0.0985. The largest absolute Gasteiger partial charge is 0.329 e. The lowest BCUT2D eigenvalue weighted by molar-refractivity contribution is 0.481. The van der Waals surface area contributed by atoms with E-state index in [4.69, 9.17) is 11.6 Å². The molecule has 18 heavy (non-hydrogen) atoms. The van der Waals surface area contributed by atoms with Gasteiger partial charge in [-0.05, 0) is 32.1 Å². The Kier molecular flexibility index (Phi) is 3.95. The molecule has 1 aromatic heterocycles. The molecule has 5 heteroatoms. The monoisotopic (exact) mass is 270 g/mol. The summed E-state index contributed by atoms with van der Waals surface area (Å²) in [5.41, 5.74) is 0.000151. The Morgan fingerprint density at radius 2 is 2.00 bits per heavy atom. The van der Waals surface area contributed by atoms with Gasteiger partial charge in [0.2, 0.25) is 0 Å². The fourth-order valence-electron chi connectivity index (χ4n) is 2.69. The first-order chi connectivity index (χ1) is 8.56. The number of rotatable bonds is 3. The lowest BCUT2D eigenvalue weighted by Gasteiger charge is -2.16. The third-order valence-corrected chi connectivity index (χ3v) is 4.21. The van der Waals surface area contributed by atoms with Crippen LogP contribution < -0.4 is 11.2 Å². The van der Waals surface area contributed by atoms with E-state index < -0.39 is 5.69 Å². The summed E-state index contributed by atoms with van der Waals surface area (Å²) in [6.45, 7) is 3.84. The first-order valence-electron chi connectivity index (χ1n) is 6.60. The van der Waals surface area contributed by atoms with E-state index in [1.807, 2.05) is 13.8 Å². The normalized spacial score (nSPS) is 18.2. The highest BCUT2D eigenvalue weighted by molar-refractivity contribution is 6.30. The lowest BCUT2D eigenvalue weighted by Crippen LogP contribution is -2.39. The van der Waals surface area contributed by atoms with Crippen molar-refractivity contribution in [2.75, 3.05) is 0 Å². The molecule has 1 aromatic rings. The van der Waals surface area contributed by atoms with Crippen molar-refractivity contribution in [2.24, 2.45) is 0 Å². The Bertz CT molecular complexity index is 541. The quantitative estimate of drug-likeness (QED) is 0.859. The second-order valence-corrected chi connectivity index (χ2v) is 5.45. The van der Waals surface area contributed by atoms with Crippen molar-refractivity contribution in [3.05, 3.63) is 31.6 Å². The van der Waals surface area contributed by atoms with Crippen molar-refractivity contribution < 1.29 is 0 Å². The number of nitrogens with one attached hydrogen (secondary N) is 1. The summed E-state index contributed by atoms with van der Waals surface area (Å²) >= 11 is 6.07. The minimum atomic E-state index is -0.402. The topological polar surface area (TPSA) is 54.9 Å². The Balaban J connectivity index is 2.59. The van der Waals surface area contributed by atoms with Gasteiger partial charge in [-0.2, -0.15) is 0 Å². The summed E-state index contributed by atoms with van der Waals surface area (Å²) in [5, 5.41) is 0.233. The molecule has 1 atom stereocenters. The number of hydrogen-bond donors (Lipinski definition) is 1. The summed E-state index contributed by atoms with van der Waals surface area (Å²) in [7, 11) is 0. The molecule has 0 bridgehead atoms. The molecule has 100 valence electrons. The first kappa shape index (κ1) is 13.4. The van der Waals surface area contributed by atoms with Gasteiger partial charge in [0.15, 0.2) is 0 Å². The molecule has 0 radical (unpaired) electrons. The van der Waals surface area contributed by atoms with Gasteiger partial charge >= 0.3 is 5.69 Å². The highest BCUT2D eigenvalue weighted by Crippen LogP contribution is 2.34. The highest BCUT2D eigenvalue weighted by atomic mass is 35.5. The van der Waals surface area contributed by atoms with Crippen LogP contribution in [0.2, 0.25) is 5.15 Å². The molecule has 1 aliphatic carbocycles. The zero-order chi connectivity index (χ0) is 13.3. The second kappa shape index (κ2) is 5.31. The van der Waals surface area contributed by atoms with Gasteiger partial charge in [0.05, 0.1) is 5.56 Å². The van der Waals surface area contributed by atoms with E-state index in [1.165, 1.54) is 4.57 Å². The Morgan fingerprint density at radius 1 is 1.39 bits per heavy atom. The number of H-pyrrole nitrogens is 1. The van der Waals surface area contributed by atoms with E-state index in [9.17, 15) is 9.59 Å². The van der Waals surface area contributed by atoms with Crippen LogP contribution in [0.1, 0.15) is 63.5 Å². The molecular weight excluding hydrogens is 252 g/mol. The SMILES string of the molecule is CCC(C)n1c(=O)[nH]c(Cl)c(C2CCCC2)c1=O. The predicted molar refractivity (Wildman–Crippen MR) is 72.5 cm³/mol. The summed E-state index contributed by atoms with van der Waals surface area (Å²) in [6, 6.07) is -0.0985. The highest BCUT2D eigenvalue weighted by Gasteiger charge is 2.25. The summed E-state index contributed by atoms with van der Waals surface area (Å²) in [6.07, 6.45) is 4.98. The molecule has 0 spiro atoms. The third-order valence-electron chi connectivity index (χ3n) is 3.92. The average Bonchev–Trinajstić information content (AvgIpc) is 2.81. The summed E-state index contributed by atoms with van der Waals surface area (Å²) in [4.78, 5) is 26.9. The van der Waals surface area contributed by atoms with Gasteiger partial charge in [-0.15, -0.1) is 0 Å². The van der Waals surface area contributed by atoms with Gasteiger partial charge in [-0.1, -0.05) is 31.4 Å². The van der Waals surface area contributed by atoms with E-state index in [2.05, 4.69) is 4.98 Å². The van der Waals surface area contributed by atoms with Crippen LogP contribution in [0, 0.1) is 0 Å². The molecule has 1 saturated carbocycles. The molecule has 1 fully saturated rings. The van der Waals surface area contributed by atoms with Gasteiger partial charge < -0.3 is 0 Å². The van der Waals surface area contributed by atoms with E-state index in [-0.39, 0.29) is 22.7 Å². The summed E-state index contributed by atoms with van der Waals surface area (Å²) < 4.78 is 1.31. The number of halogens is 1. The molecular formula is C13H19ClN2O2. The van der Waals surface area contributed by atoms with Crippen LogP contribution in [0.25, 0.3) is 0 Å². The molecule has 0 saturated heterocycles. The van der Waals surface area contributed by atoms with E-state index in [0.717, 1.165) is 32.1 Å². The van der Waals surface area contributed by atoms with Gasteiger partial charge in [-0.3, -0.25) is 14.3 Å². The fraction of sp³-hybridized carbons (Fsp3) is 0.692. The number of hydrogen-bond acceptors (Lipinski definition) is 2. The van der Waals surface area contributed by atoms with Crippen LogP contribution in [0.3, 0.4) is 0 Å². The van der Waals surface area contributed by atoms with E-state index in [1.54, 1.807) is 0 Å². The maximum atomic E-state index is 12.5. The van der Waals surface area contributed by atoms with Crippen LogP contribution in [-0.2, 0) is 0 Å². The molecule has 1 N–H and O–H groups in total. The standard InChI is InChI=1S/C13H19ClN2O2/c1-3-8(2)16-12(17)10(9-6-4-5-7-9)11(14)15-13(16)18/h8-9H,3-7H2,1-2H3,(H,15,18). The maximum Gasteiger partial charge on any atom is 0.329 e. The molecule has 0 amide bonds. The maximum absolute atomic E-state index is 12.5. The van der Waals surface area contributed by atoms with Gasteiger partial charge in [-0.25, -0.2) is 4.79 Å². The molecule has 0 aromatic carbocycles. The second-order valence-electron chi connectivity index (χ2n) is 5.07. The summed E-state index contributed by atoms with van der Waals surface area (Å²) in [5.74, 6) is 0.206. The first-order valence-corrected chi connectivity index (χ1v) is 6.98.